The monoisotopic (exact) mass is 908 g/mol. The molecule has 0 fully saturated rings. The molecule has 14 aromatic rings. The quantitative estimate of drug-likeness (QED) is 0.122. The maximum atomic E-state index is 2.49. The van der Waals surface area contributed by atoms with E-state index in [0.717, 1.165) is 0 Å². The Kier molecular flexibility index (Phi) is 8.38. The highest BCUT2D eigenvalue weighted by atomic mass is 14.4. The van der Waals surface area contributed by atoms with Crippen molar-refractivity contribution in [3.63, 3.8) is 0 Å². The van der Waals surface area contributed by atoms with Crippen LogP contribution >= 0.6 is 0 Å². The fourth-order valence-corrected chi connectivity index (χ4v) is 13.4. The zero-order chi connectivity index (χ0) is 47.0. The molecule has 2 aliphatic rings. The van der Waals surface area contributed by atoms with Crippen molar-refractivity contribution in [2.75, 3.05) is 0 Å². The molecule has 2 aliphatic carbocycles. The van der Waals surface area contributed by atoms with Gasteiger partial charge < -0.3 is 0 Å². The van der Waals surface area contributed by atoms with E-state index in [1.807, 2.05) is 0 Å². The van der Waals surface area contributed by atoms with E-state index in [2.05, 4.69) is 255 Å². The molecule has 0 saturated carbocycles. The molecule has 2 unspecified atom stereocenters. The van der Waals surface area contributed by atoms with E-state index in [9.17, 15) is 0 Å². The first-order chi connectivity index (χ1) is 35.7. The second-order valence-corrected chi connectivity index (χ2v) is 20.2. The lowest BCUT2D eigenvalue weighted by atomic mass is 9.65. The molecular formula is C72H44. The fourth-order valence-electron chi connectivity index (χ4n) is 13.4. The molecule has 0 radical (unpaired) electrons. The first-order valence-corrected chi connectivity index (χ1v) is 25.4. The normalized spacial score (nSPS) is 15.6. The number of rotatable bonds is 4. The lowest BCUT2D eigenvalue weighted by Crippen LogP contribution is -2.23. The summed E-state index contributed by atoms with van der Waals surface area (Å²) < 4.78 is 0. The van der Waals surface area contributed by atoms with Gasteiger partial charge in [0.15, 0.2) is 0 Å². The minimum absolute atomic E-state index is 0.122. The summed E-state index contributed by atoms with van der Waals surface area (Å²) in [6.45, 7) is 0. The molecule has 0 spiro atoms. The van der Waals surface area contributed by atoms with Crippen molar-refractivity contribution in [1.82, 2.24) is 0 Å². The van der Waals surface area contributed by atoms with Gasteiger partial charge in [-0.3, -0.25) is 0 Å². The Bertz CT molecular complexity index is 4730. The number of hydrogen-bond donors (Lipinski definition) is 0. The zero-order valence-electron chi connectivity index (χ0n) is 39.4. The van der Waals surface area contributed by atoms with Crippen LogP contribution in [0.25, 0.3) is 125 Å². The van der Waals surface area contributed by atoms with Crippen LogP contribution in [-0.4, -0.2) is 0 Å². The molecule has 0 heteroatoms. The van der Waals surface area contributed by atoms with Gasteiger partial charge in [0.25, 0.3) is 0 Å². The van der Waals surface area contributed by atoms with Crippen molar-refractivity contribution in [3.8, 4) is 22.3 Å². The summed E-state index contributed by atoms with van der Waals surface area (Å²) in [7, 11) is 0. The molecule has 16 rings (SSSR count). The van der Waals surface area contributed by atoms with Crippen LogP contribution in [0, 0.1) is 5.92 Å². The van der Waals surface area contributed by atoms with Crippen molar-refractivity contribution in [2.45, 2.75) is 5.92 Å². The maximum absolute atomic E-state index is 2.49. The van der Waals surface area contributed by atoms with Crippen LogP contribution in [0.1, 0.15) is 28.2 Å². The van der Waals surface area contributed by atoms with Gasteiger partial charge in [-0.25, -0.2) is 0 Å². The first kappa shape index (κ1) is 39.7. The van der Waals surface area contributed by atoms with E-state index in [1.165, 1.54) is 153 Å². The Morgan fingerprint density at radius 2 is 0.833 bits per heavy atom. The van der Waals surface area contributed by atoms with Gasteiger partial charge in [0.2, 0.25) is 0 Å². The predicted molar refractivity (Wildman–Crippen MR) is 309 cm³/mol. The second-order valence-electron chi connectivity index (χ2n) is 20.2. The van der Waals surface area contributed by atoms with Gasteiger partial charge >= 0.3 is 0 Å². The van der Waals surface area contributed by atoms with Crippen LogP contribution < -0.4 is 0 Å². The molecule has 0 saturated heterocycles. The first-order valence-electron chi connectivity index (χ1n) is 25.4. The summed E-state index contributed by atoms with van der Waals surface area (Å²) in [5.74, 6) is 0.278. The van der Waals surface area contributed by atoms with Crippen LogP contribution in [0.15, 0.2) is 260 Å². The van der Waals surface area contributed by atoms with E-state index < -0.39 is 0 Å². The maximum Gasteiger partial charge on any atom is 0.0200 e. The van der Waals surface area contributed by atoms with Gasteiger partial charge in [-0.1, -0.05) is 243 Å². The third-order valence-electron chi connectivity index (χ3n) is 16.5. The van der Waals surface area contributed by atoms with Gasteiger partial charge in [-0.2, -0.15) is 0 Å². The summed E-state index contributed by atoms with van der Waals surface area (Å²) in [6, 6.07) is 87.4. The summed E-state index contributed by atoms with van der Waals surface area (Å²) in [5, 5.41) is 23.1. The Morgan fingerprint density at radius 3 is 1.65 bits per heavy atom. The van der Waals surface area contributed by atoms with Gasteiger partial charge in [0.1, 0.15) is 0 Å². The van der Waals surface area contributed by atoms with Crippen molar-refractivity contribution in [2.24, 2.45) is 5.92 Å². The molecule has 0 aromatic heterocycles. The molecule has 72 heavy (non-hydrogen) atoms. The lowest BCUT2D eigenvalue weighted by molar-refractivity contribution is 0.651. The second kappa shape index (κ2) is 15.2. The highest BCUT2D eigenvalue weighted by Gasteiger charge is 2.37. The van der Waals surface area contributed by atoms with E-state index >= 15 is 0 Å². The molecular weight excluding hydrogens is 865 g/mol. The molecule has 14 aromatic carbocycles. The van der Waals surface area contributed by atoms with E-state index in [1.54, 1.807) is 0 Å². The molecule has 0 aliphatic heterocycles. The molecule has 0 nitrogen and oxygen atoms in total. The summed E-state index contributed by atoms with van der Waals surface area (Å²) in [6.07, 6.45) is 9.39. The van der Waals surface area contributed by atoms with Crippen LogP contribution in [0.5, 0.6) is 0 Å². The highest BCUT2D eigenvalue weighted by Crippen LogP contribution is 2.54. The number of hydrogen-bond acceptors (Lipinski definition) is 0. The molecule has 2 atom stereocenters. The number of fused-ring (bicyclic) bond motifs is 10. The SMILES string of the molecule is C1=CC2=C(c3ccc4ccc5cccc6ccc3c4c56)c3c(ccc4ccccc34)C(c3ccc4cc(-c5c6ccccc6c(-c6ccc7ccccc7c6)c6c5ccc5ccccc56)ccc4c3)C2C=C1. The van der Waals surface area contributed by atoms with Crippen molar-refractivity contribution < 1.29 is 0 Å². The topological polar surface area (TPSA) is 0 Å². The van der Waals surface area contributed by atoms with E-state index in [0.29, 0.717) is 0 Å². The molecule has 0 bridgehead atoms. The van der Waals surface area contributed by atoms with Gasteiger partial charge in [0, 0.05) is 11.8 Å². The van der Waals surface area contributed by atoms with E-state index in [4.69, 9.17) is 0 Å². The van der Waals surface area contributed by atoms with Gasteiger partial charge in [0.05, 0.1) is 0 Å². The van der Waals surface area contributed by atoms with Gasteiger partial charge in [-0.15, -0.1) is 0 Å². The Hall–Kier alpha value is -9.10. The standard InChI is InChI=1S/C72H44/c1-2-15-49-40-54(29-24-43(49)12-1)69-59-22-9-7-20-57(59)66(63-38-32-44-13-3-5-18-55(44)70(63)69)52-30-27-51-42-53(31-28-50(51)41-52)67-58-21-8-10-23-60(58)72(71-56-19-6-4-14-45(56)33-39-64(67)71)62-37-35-48-26-25-46-16-11-17-47-34-36-61(62)68(48)65(46)47/h1-42,58,67H. The van der Waals surface area contributed by atoms with Crippen LogP contribution in [0.4, 0.5) is 0 Å². The Balaban J connectivity index is 0.888. The van der Waals surface area contributed by atoms with Crippen molar-refractivity contribution in [3.05, 3.63) is 283 Å². The predicted octanol–water partition coefficient (Wildman–Crippen LogP) is 19.5. The minimum Gasteiger partial charge on any atom is -0.0760 e. The fraction of sp³-hybridized carbons (Fsp3) is 0.0278. The van der Waals surface area contributed by atoms with Crippen molar-refractivity contribution >= 4 is 103 Å². The third kappa shape index (κ3) is 5.69. The average molecular weight is 909 g/mol. The van der Waals surface area contributed by atoms with Gasteiger partial charge in [-0.05, 0) is 165 Å². The van der Waals surface area contributed by atoms with Crippen LogP contribution in [0.2, 0.25) is 0 Å². The molecule has 332 valence electrons. The minimum atomic E-state index is 0.122. The number of benzene rings is 14. The van der Waals surface area contributed by atoms with Crippen molar-refractivity contribution in [1.29, 1.82) is 0 Å². The van der Waals surface area contributed by atoms with E-state index in [-0.39, 0.29) is 11.8 Å². The molecule has 0 amide bonds. The summed E-state index contributed by atoms with van der Waals surface area (Å²) >= 11 is 0. The summed E-state index contributed by atoms with van der Waals surface area (Å²) in [5.41, 5.74) is 13.2. The average Bonchev–Trinajstić information content (AvgIpc) is 3.45. The largest absolute Gasteiger partial charge is 0.0760 e. The smallest absolute Gasteiger partial charge is 0.0200 e. The Labute approximate surface area is 417 Å². The summed E-state index contributed by atoms with van der Waals surface area (Å²) in [4.78, 5) is 0. The zero-order valence-corrected chi connectivity index (χ0v) is 39.4. The van der Waals surface area contributed by atoms with Crippen LogP contribution in [-0.2, 0) is 0 Å². The molecule has 0 heterocycles. The third-order valence-corrected chi connectivity index (χ3v) is 16.5. The van der Waals surface area contributed by atoms with Crippen LogP contribution in [0.3, 0.4) is 0 Å². The Morgan fingerprint density at radius 1 is 0.292 bits per heavy atom. The highest BCUT2D eigenvalue weighted by molar-refractivity contribution is 6.29. The number of allylic oxidation sites excluding steroid dienone is 5. The molecule has 0 N–H and O–H groups in total. The lowest BCUT2D eigenvalue weighted by Gasteiger charge is -2.38.